The van der Waals surface area contributed by atoms with Gasteiger partial charge >= 0.3 is 5.97 Å². The Balaban J connectivity index is 2.12. The smallest absolute Gasteiger partial charge is 0.307 e. The minimum absolute atomic E-state index is 0.251. The summed E-state index contributed by atoms with van der Waals surface area (Å²) in [5, 5.41) is 12.0. The summed E-state index contributed by atoms with van der Waals surface area (Å²) in [6, 6.07) is 5.07. The molecule has 2 atom stereocenters. The molecular formula is C16H21NO5. The Kier molecular flexibility index (Phi) is 5.25. The van der Waals surface area contributed by atoms with Gasteiger partial charge in [0.15, 0.2) is 11.5 Å². The van der Waals surface area contributed by atoms with Gasteiger partial charge in [-0.05, 0) is 25.0 Å². The van der Waals surface area contributed by atoms with Crippen LogP contribution in [-0.4, -0.2) is 31.2 Å². The van der Waals surface area contributed by atoms with E-state index in [2.05, 4.69) is 5.32 Å². The molecule has 120 valence electrons. The third-order valence-electron chi connectivity index (χ3n) is 4.07. The highest BCUT2D eigenvalue weighted by molar-refractivity contribution is 5.95. The molecule has 6 nitrogen and oxygen atoms in total. The van der Waals surface area contributed by atoms with E-state index < -0.39 is 17.8 Å². The maximum atomic E-state index is 12.4. The summed E-state index contributed by atoms with van der Waals surface area (Å²) in [6.45, 7) is 0. The van der Waals surface area contributed by atoms with E-state index in [4.69, 9.17) is 9.47 Å². The van der Waals surface area contributed by atoms with Gasteiger partial charge in [0, 0.05) is 11.8 Å². The van der Waals surface area contributed by atoms with Gasteiger partial charge in [-0.2, -0.15) is 0 Å². The third kappa shape index (κ3) is 3.50. The predicted molar refractivity (Wildman–Crippen MR) is 81.3 cm³/mol. The molecule has 0 aliphatic heterocycles. The molecule has 0 spiro atoms. The van der Waals surface area contributed by atoms with Crippen LogP contribution in [-0.2, 0) is 9.59 Å². The van der Waals surface area contributed by atoms with Crippen molar-refractivity contribution >= 4 is 17.6 Å². The van der Waals surface area contributed by atoms with Gasteiger partial charge in [0.1, 0.15) is 0 Å². The quantitative estimate of drug-likeness (QED) is 0.873. The molecule has 1 aromatic carbocycles. The van der Waals surface area contributed by atoms with Gasteiger partial charge in [-0.25, -0.2) is 0 Å². The molecule has 2 N–H and O–H groups in total. The monoisotopic (exact) mass is 307 g/mol. The van der Waals surface area contributed by atoms with Crippen molar-refractivity contribution in [3.63, 3.8) is 0 Å². The van der Waals surface area contributed by atoms with E-state index in [1.54, 1.807) is 18.2 Å². The van der Waals surface area contributed by atoms with E-state index >= 15 is 0 Å². The highest BCUT2D eigenvalue weighted by Gasteiger charge is 2.35. The van der Waals surface area contributed by atoms with Crippen molar-refractivity contribution in [3.05, 3.63) is 18.2 Å². The fourth-order valence-corrected chi connectivity index (χ4v) is 2.89. The first-order valence-corrected chi connectivity index (χ1v) is 7.32. The van der Waals surface area contributed by atoms with Crippen LogP contribution in [0, 0.1) is 11.8 Å². The summed E-state index contributed by atoms with van der Waals surface area (Å²) < 4.78 is 10.3. The lowest BCUT2D eigenvalue weighted by atomic mass is 9.78. The molecule has 1 aliphatic carbocycles. The largest absolute Gasteiger partial charge is 0.493 e. The predicted octanol–water partition coefficient (Wildman–Crippen LogP) is 2.53. The van der Waals surface area contributed by atoms with Crippen molar-refractivity contribution in [1.82, 2.24) is 0 Å². The van der Waals surface area contributed by atoms with E-state index in [-0.39, 0.29) is 5.91 Å². The number of anilines is 1. The van der Waals surface area contributed by atoms with Crippen molar-refractivity contribution in [1.29, 1.82) is 0 Å². The first-order chi connectivity index (χ1) is 10.6. The van der Waals surface area contributed by atoms with Gasteiger partial charge in [0.05, 0.1) is 26.1 Å². The number of carbonyl (C=O) groups excluding carboxylic acids is 1. The van der Waals surface area contributed by atoms with Gasteiger partial charge < -0.3 is 19.9 Å². The zero-order valence-electron chi connectivity index (χ0n) is 12.8. The lowest BCUT2D eigenvalue weighted by molar-refractivity contribution is -0.147. The third-order valence-corrected chi connectivity index (χ3v) is 4.07. The lowest BCUT2D eigenvalue weighted by Gasteiger charge is -2.27. The van der Waals surface area contributed by atoms with Gasteiger partial charge in [-0.1, -0.05) is 12.8 Å². The van der Waals surface area contributed by atoms with Crippen LogP contribution in [0.15, 0.2) is 18.2 Å². The molecule has 0 radical (unpaired) electrons. The van der Waals surface area contributed by atoms with Gasteiger partial charge in [0.25, 0.3) is 0 Å². The van der Waals surface area contributed by atoms with E-state index in [1.807, 2.05) is 0 Å². The Hall–Kier alpha value is -2.24. The number of carboxylic acids is 1. The Morgan fingerprint density at radius 1 is 1.09 bits per heavy atom. The molecule has 22 heavy (non-hydrogen) atoms. The number of methoxy groups -OCH3 is 2. The van der Waals surface area contributed by atoms with Crippen molar-refractivity contribution in [2.24, 2.45) is 11.8 Å². The molecule has 0 saturated heterocycles. The molecule has 1 aromatic rings. The number of benzene rings is 1. The van der Waals surface area contributed by atoms with Crippen LogP contribution in [0.2, 0.25) is 0 Å². The molecule has 1 fully saturated rings. The fourth-order valence-electron chi connectivity index (χ4n) is 2.89. The number of ether oxygens (including phenoxy) is 2. The van der Waals surface area contributed by atoms with Crippen molar-refractivity contribution in [2.45, 2.75) is 25.7 Å². The minimum Gasteiger partial charge on any atom is -0.493 e. The summed E-state index contributed by atoms with van der Waals surface area (Å²) in [5.41, 5.74) is 0.567. The fraction of sp³-hybridized carbons (Fsp3) is 0.500. The van der Waals surface area contributed by atoms with Crippen LogP contribution in [0.3, 0.4) is 0 Å². The molecular weight excluding hydrogens is 286 g/mol. The SMILES string of the molecule is COc1ccc(NC(=O)[C@H]2CCCC[C@@H]2C(=O)O)cc1OC. The second-order valence-corrected chi connectivity index (χ2v) is 5.39. The van der Waals surface area contributed by atoms with Crippen LogP contribution in [0.5, 0.6) is 11.5 Å². The number of hydrogen-bond acceptors (Lipinski definition) is 4. The lowest BCUT2D eigenvalue weighted by Crippen LogP contribution is -2.36. The summed E-state index contributed by atoms with van der Waals surface area (Å²) in [4.78, 5) is 23.7. The average molecular weight is 307 g/mol. The summed E-state index contributed by atoms with van der Waals surface area (Å²) in [5.74, 6) is -1.15. The summed E-state index contributed by atoms with van der Waals surface area (Å²) in [6.07, 6.45) is 2.90. The highest BCUT2D eigenvalue weighted by atomic mass is 16.5. The Bertz CT molecular complexity index is 557. The summed E-state index contributed by atoms with van der Waals surface area (Å²) >= 11 is 0. The molecule has 6 heteroatoms. The molecule has 2 rings (SSSR count). The number of carboxylic acid groups (broad SMARTS) is 1. The standard InChI is InChI=1S/C16H21NO5/c1-21-13-8-7-10(9-14(13)22-2)17-15(18)11-5-3-4-6-12(11)16(19)20/h7-9,11-12H,3-6H2,1-2H3,(H,17,18)(H,19,20)/t11-,12-/m0/s1. The Morgan fingerprint density at radius 3 is 2.32 bits per heavy atom. The van der Waals surface area contributed by atoms with Crippen LogP contribution in [0.1, 0.15) is 25.7 Å². The molecule has 0 aromatic heterocycles. The topological polar surface area (TPSA) is 84.9 Å². The number of amides is 1. The zero-order chi connectivity index (χ0) is 16.1. The van der Waals surface area contributed by atoms with Crippen molar-refractivity contribution < 1.29 is 24.2 Å². The van der Waals surface area contributed by atoms with Gasteiger partial charge in [-0.3, -0.25) is 9.59 Å². The number of aliphatic carboxylic acids is 1. The molecule has 0 unspecified atom stereocenters. The summed E-state index contributed by atoms with van der Waals surface area (Å²) in [7, 11) is 3.06. The second-order valence-electron chi connectivity index (χ2n) is 5.39. The van der Waals surface area contributed by atoms with Crippen LogP contribution < -0.4 is 14.8 Å². The molecule has 0 bridgehead atoms. The normalized spacial score (nSPS) is 21.0. The molecule has 1 amide bonds. The Morgan fingerprint density at radius 2 is 1.73 bits per heavy atom. The molecule has 1 saturated carbocycles. The first kappa shape index (κ1) is 16.1. The first-order valence-electron chi connectivity index (χ1n) is 7.32. The zero-order valence-corrected chi connectivity index (χ0v) is 12.8. The van der Waals surface area contributed by atoms with Crippen molar-refractivity contribution in [3.8, 4) is 11.5 Å². The van der Waals surface area contributed by atoms with E-state index in [0.29, 0.717) is 30.0 Å². The van der Waals surface area contributed by atoms with E-state index in [0.717, 1.165) is 12.8 Å². The van der Waals surface area contributed by atoms with Crippen LogP contribution in [0.25, 0.3) is 0 Å². The van der Waals surface area contributed by atoms with E-state index in [9.17, 15) is 14.7 Å². The molecule has 0 heterocycles. The van der Waals surface area contributed by atoms with E-state index in [1.165, 1.54) is 14.2 Å². The maximum absolute atomic E-state index is 12.4. The van der Waals surface area contributed by atoms with Gasteiger partial charge in [0.2, 0.25) is 5.91 Å². The molecule has 1 aliphatic rings. The van der Waals surface area contributed by atoms with Gasteiger partial charge in [-0.15, -0.1) is 0 Å². The number of carbonyl (C=O) groups is 2. The number of hydrogen-bond donors (Lipinski definition) is 2. The maximum Gasteiger partial charge on any atom is 0.307 e. The number of rotatable bonds is 5. The van der Waals surface area contributed by atoms with Crippen LogP contribution in [0.4, 0.5) is 5.69 Å². The minimum atomic E-state index is -0.896. The number of nitrogens with one attached hydrogen (secondary N) is 1. The van der Waals surface area contributed by atoms with Crippen LogP contribution >= 0.6 is 0 Å². The van der Waals surface area contributed by atoms with Crippen molar-refractivity contribution in [2.75, 3.05) is 19.5 Å². The second kappa shape index (κ2) is 7.15. The average Bonchev–Trinajstić information content (AvgIpc) is 2.54. The highest BCUT2D eigenvalue weighted by Crippen LogP contribution is 2.33. The Labute approximate surface area is 129 Å².